The van der Waals surface area contributed by atoms with Crippen LogP contribution in [0.3, 0.4) is 0 Å². The number of carbonyl (C=O) groups is 2. The van der Waals surface area contributed by atoms with Gasteiger partial charge in [-0.25, -0.2) is 4.98 Å². The summed E-state index contributed by atoms with van der Waals surface area (Å²) in [5.74, 6) is -0.427. The Hall–Kier alpha value is -1.95. The van der Waals surface area contributed by atoms with Crippen LogP contribution < -0.4 is 5.32 Å². The summed E-state index contributed by atoms with van der Waals surface area (Å²) in [7, 11) is 0. The van der Waals surface area contributed by atoms with Crippen LogP contribution in [0.4, 0.5) is 0 Å². The van der Waals surface area contributed by atoms with Gasteiger partial charge in [-0.05, 0) is 38.8 Å². The zero-order valence-electron chi connectivity index (χ0n) is 13.2. The molecule has 1 N–H and O–H groups in total. The van der Waals surface area contributed by atoms with E-state index in [9.17, 15) is 9.59 Å². The maximum Gasteiger partial charge on any atom is 0.272 e. The lowest BCUT2D eigenvalue weighted by atomic mass is 10.2. The molecular weight excluding hydrogens is 282 g/mol. The standard InChI is InChI=1S/C16H23N3O3/c1-3-19(4-2)16(21)14-9-5-8-13(18-14)15(20)17-11-12-7-6-10-22-12/h5,8-9,12H,3-4,6-7,10-11H2,1-2H3,(H,17,20). The van der Waals surface area contributed by atoms with E-state index in [4.69, 9.17) is 4.74 Å². The maximum absolute atomic E-state index is 12.3. The van der Waals surface area contributed by atoms with Gasteiger partial charge in [0.2, 0.25) is 0 Å². The van der Waals surface area contributed by atoms with Gasteiger partial charge in [0, 0.05) is 26.2 Å². The van der Waals surface area contributed by atoms with E-state index in [1.807, 2.05) is 13.8 Å². The number of nitrogens with one attached hydrogen (secondary N) is 1. The summed E-state index contributed by atoms with van der Waals surface area (Å²) in [5, 5.41) is 2.81. The number of hydrogen-bond donors (Lipinski definition) is 1. The van der Waals surface area contributed by atoms with E-state index in [0.717, 1.165) is 19.4 Å². The van der Waals surface area contributed by atoms with Crippen LogP contribution in [-0.4, -0.2) is 54.0 Å². The Labute approximate surface area is 130 Å². The fourth-order valence-corrected chi connectivity index (χ4v) is 2.46. The normalized spacial score (nSPS) is 17.3. The molecule has 1 atom stereocenters. The van der Waals surface area contributed by atoms with Crippen molar-refractivity contribution in [3.8, 4) is 0 Å². The minimum absolute atomic E-state index is 0.0874. The number of aromatic nitrogens is 1. The highest BCUT2D eigenvalue weighted by atomic mass is 16.5. The first-order valence-electron chi connectivity index (χ1n) is 7.81. The molecule has 22 heavy (non-hydrogen) atoms. The molecule has 0 aromatic carbocycles. The minimum Gasteiger partial charge on any atom is -0.376 e. The predicted molar refractivity (Wildman–Crippen MR) is 82.8 cm³/mol. The summed E-state index contributed by atoms with van der Waals surface area (Å²) in [6, 6.07) is 4.94. The number of hydrogen-bond acceptors (Lipinski definition) is 4. The first-order valence-corrected chi connectivity index (χ1v) is 7.81. The molecule has 1 aliphatic rings. The van der Waals surface area contributed by atoms with E-state index in [1.165, 1.54) is 0 Å². The van der Waals surface area contributed by atoms with E-state index in [1.54, 1.807) is 23.1 Å². The molecule has 2 heterocycles. The van der Waals surface area contributed by atoms with E-state index >= 15 is 0 Å². The Morgan fingerprint density at radius 2 is 2.05 bits per heavy atom. The molecule has 1 aromatic heterocycles. The molecule has 2 amide bonds. The molecule has 0 radical (unpaired) electrons. The molecule has 6 heteroatoms. The van der Waals surface area contributed by atoms with Gasteiger partial charge in [0.15, 0.2) is 0 Å². The van der Waals surface area contributed by atoms with Gasteiger partial charge < -0.3 is 15.0 Å². The Kier molecular flexibility index (Phi) is 5.89. The molecule has 1 unspecified atom stereocenters. The van der Waals surface area contributed by atoms with Gasteiger partial charge in [0.05, 0.1) is 6.10 Å². The van der Waals surface area contributed by atoms with Crippen molar-refractivity contribution in [2.45, 2.75) is 32.8 Å². The molecule has 0 aliphatic carbocycles. The molecule has 120 valence electrons. The summed E-state index contributed by atoms with van der Waals surface area (Å²) in [4.78, 5) is 30.3. The molecule has 0 saturated carbocycles. The van der Waals surface area contributed by atoms with E-state index < -0.39 is 0 Å². The lowest BCUT2D eigenvalue weighted by Crippen LogP contribution is -2.34. The van der Waals surface area contributed by atoms with Crippen LogP contribution >= 0.6 is 0 Å². The third-order valence-corrected chi connectivity index (χ3v) is 3.77. The zero-order chi connectivity index (χ0) is 15.9. The molecule has 1 aromatic rings. The van der Waals surface area contributed by atoms with Crippen molar-refractivity contribution in [3.63, 3.8) is 0 Å². The van der Waals surface area contributed by atoms with Crippen molar-refractivity contribution in [1.82, 2.24) is 15.2 Å². The van der Waals surface area contributed by atoms with E-state index in [0.29, 0.717) is 25.3 Å². The lowest BCUT2D eigenvalue weighted by Gasteiger charge is -2.18. The maximum atomic E-state index is 12.3. The molecule has 0 spiro atoms. The number of ether oxygens (including phenoxy) is 1. The summed E-state index contributed by atoms with van der Waals surface area (Å²) >= 11 is 0. The van der Waals surface area contributed by atoms with Gasteiger partial charge in [0.1, 0.15) is 11.4 Å². The van der Waals surface area contributed by atoms with Crippen molar-refractivity contribution in [2.24, 2.45) is 0 Å². The third-order valence-electron chi connectivity index (χ3n) is 3.77. The van der Waals surface area contributed by atoms with E-state index in [-0.39, 0.29) is 23.6 Å². The van der Waals surface area contributed by atoms with Crippen LogP contribution in [0, 0.1) is 0 Å². The summed E-state index contributed by atoms with van der Waals surface area (Å²) in [5.41, 5.74) is 0.560. The second-order valence-corrected chi connectivity index (χ2v) is 5.23. The molecular formula is C16H23N3O3. The summed E-state index contributed by atoms with van der Waals surface area (Å²) < 4.78 is 5.47. The fourth-order valence-electron chi connectivity index (χ4n) is 2.46. The van der Waals surface area contributed by atoms with Crippen molar-refractivity contribution >= 4 is 11.8 Å². The topological polar surface area (TPSA) is 71.5 Å². The van der Waals surface area contributed by atoms with Crippen LogP contribution in [0.1, 0.15) is 47.7 Å². The van der Waals surface area contributed by atoms with Crippen molar-refractivity contribution in [3.05, 3.63) is 29.6 Å². The van der Waals surface area contributed by atoms with Gasteiger partial charge in [-0.3, -0.25) is 9.59 Å². The Morgan fingerprint density at radius 3 is 2.68 bits per heavy atom. The van der Waals surface area contributed by atoms with Gasteiger partial charge in [-0.15, -0.1) is 0 Å². The van der Waals surface area contributed by atoms with Crippen molar-refractivity contribution in [1.29, 1.82) is 0 Å². The number of rotatable bonds is 6. The number of nitrogens with zero attached hydrogens (tertiary/aromatic N) is 2. The van der Waals surface area contributed by atoms with Gasteiger partial charge >= 0.3 is 0 Å². The molecule has 2 rings (SSSR count). The SMILES string of the molecule is CCN(CC)C(=O)c1cccc(C(=O)NCC2CCCO2)n1. The van der Waals surface area contributed by atoms with Crippen molar-refractivity contribution in [2.75, 3.05) is 26.2 Å². The van der Waals surface area contributed by atoms with Crippen LogP contribution in [-0.2, 0) is 4.74 Å². The third kappa shape index (κ3) is 4.04. The Bertz CT molecular complexity index is 523. The van der Waals surface area contributed by atoms with Crippen LogP contribution in [0.5, 0.6) is 0 Å². The zero-order valence-corrected chi connectivity index (χ0v) is 13.2. The molecule has 1 aliphatic heterocycles. The van der Waals surface area contributed by atoms with Gasteiger partial charge in [-0.2, -0.15) is 0 Å². The molecule has 0 bridgehead atoms. The average molecular weight is 305 g/mol. The van der Waals surface area contributed by atoms with Gasteiger partial charge in [0.25, 0.3) is 11.8 Å². The van der Waals surface area contributed by atoms with Gasteiger partial charge in [-0.1, -0.05) is 6.07 Å². The smallest absolute Gasteiger partial charge is 0.272 e. The van der Waals surface area contributed by atoms with Crippen LogP contribution in [0.2, 0.25) is 0 Å². The monoisotopic (exact) mass is 305 g/mol. The second-order valence-electron chi connectivity index (χ2n) is 5.23. The fraction of sp³-hybridized carbons (Fsp3) is 0.562. The van der Waals surface area contributed by atoms with Crippen molar-refractivity contribution < 1.29 is 14.3 Å². The number of pyridine rings is 1. The number of amides is 2. The average Bonchev–Trinajstić information content (AvgIpc) is 3.07. The van der Waals surface area contributed by atoms with Crippen LogP contribution in [0.25, 0.3) is 0 Å². The highest BCUT2D eigenvalue weighted by Gasteiger charge is 2.19. The van der Waals surface area contributed by atoms with Crippen LogP contribution in [0.15, 0.2) is 18.2 Å². The summed E-state index contributed by atoms with van der Waals surface area (Å²) in [6.07, 6.45) is 2.09. The quantitative estimate of drug-likeness (QED) is 0.864. The second kappa shape index (κ2) is 7.89. The number of carbonyl (C=O) groups excluding carboxylic acids is 2. The highest BCUT2D eigenvalue weighted by molar-refractivity contribution is 5.96. The molecule has 6 nitrogen and oxygen atoms in total. The predicted octanol–water partition coefficient (Wildman–Crippen LogP) is 1.47. The van der Waals surface area contributed by atoms with E-state index in [2.05, 4.69) is 10.3 Å². The minimum atomic E-state index is -0.273. The largest absolute Gasteiger partial charge is 0.376 e. The Morgan fingerprint density at radius 1 is 1.32 bits per heavy atom. The lowest BCUT2D eigenvalue weighted by molar-refractivity contribution is 0.0766. The molecule has 1 fully saturated rings. The Balaban J connectivity index is 2.00. The first-order chi connectivity index (χ1) is 10.7. The highest BCUT2D eigenvalue weighted by Crippen LogP contribution is 2.11. The summed E-state index contributed by atoms with van der Waals surface area (Å²) in [6.45, 7) is 6.30. The molecule has 1 saturated heterocycles. The first kappa shape index (κ1) is 16.4.